The fourth-order valence-corrected chi connectivity index (χ4v) is 4.28. The number of hydrogen-bond donors (Lipinski definition) is 2. The third-order valence-electron chi connectivity index (χ3n) is 4.98. The largest absolute Gasteiger partial charge is 0.351 e. The molecule has 3 rings (SSSR count). The number of rotatable bonds is 10. The maximum absolute atomic E-state index is 12.8. The molecule has 174 valence electrons. The monoisotopic (exact) mass is 485 g/mol. The Balaban J connectivity index is 1.64. The van der Waals surface area contributed by atoms with Gasteiger partial charge in [-0.15, -0.1) is 10.2 Å². The summed E-state index contributed by atoms with van der Waals surface area (Å²) in [6.07, 6.45) is 0.685. The van der Waals surface area contributed by atoms with E-state index in [0.29, 0.717) is 40.5 Å². The Hall–Kier alpha value is -2.84. The number of carbonyl (C=O) groups excluding carboxylic acids is 2. The summed E-state index contributed by atoms with van der Waals surface area (Å²) in [5.41, 5.74) is 1.46. The summed E-state index contributed by atoms with van der Waals surface area (Å²) in [6.45, 7) is 4.64. The van der Waals surface area contributed by atoms with Gasteiger partial charge in [0, 0.05) is 13.6 Å². The predicted octanol–water partition coefficient (Wildman–Crippen LogP) is 4.39. The summed E-state index contributed by atoms with van der Waals surface area (Å²) in [4.78, 5) is 25.1. The fourth-order valence-electron chi connectivity index (χ4n) is 3.31. The van der Waals surface area contributed by atoms with Crippen molar-refractivity contribution < 1.29 is 9.59 Å². The second kappa shape index (κ2) is 11.9. The molecule has 0 aliphatic carbocycles. The minimum Gasteiger partial charge on any atom is -0.351 e. The van der Waals surface area contributed by atoms with Crippen LogP contribution < -0.4 is 10.6 Å². The lowest BCUT2D eigenvalue weighted by Crippen LogP contribution is -2.31. The summed E-state index contributed by atoms with van der Waals surface area (Å²) in [5, 5.41) is 15.5. The number of benzene rings is 2. The summed E-state index contributed by atoms with van der Waals surface area (Å²) in [7, 11) is 1.84. The Morgan fingerprint density at radius 1 is 1.06 bits per heavy atom. The van der Waals surface area contributed by atoms with Crippen LogP contribution in [0.2, 0.25) is 5.02 Å². The molecule has 2 N–H and O–H groups in total. The van der Waals surface area contributed by atoms with Crippen molar-refractivity contribution in [3.63, 3.8) is 0 Å². The van der Waals surface area contributed by atoms with Gasteiger partial charge in [-0.3, -0.25) is 9.59 Å². The third-order valence-corrected chi connectivity index (χ3v) is 6.33. The van der Waals surface area contributed by atoms with Crippen molar-refractivity contribution >= 4 is 35.2 Å². The van der Waals surface area contributed by atoms with E-state index < -0.39 is 0 Å². The number of carbonyl (C=O) groups is 2. The van der Waals surface area contributed by atoms with Crippen LogP contribution in [0.3, 0.4) is 0 Å². The van der Waals surface area contributed by atoms with Crippen molar-refractivity contribution in [3.8, 4) is 0 Å². The molecule has 9 heteroatoms. The first kappa shape index (κ1) is 24.8. The average Bonchev–Trinajstić information content (AvgIpc) is 3.16. The molecule has 1 atom stereocenters. The van der Waals surface area contributed by atoms with Gasteiger partial charge in [0.15, 0.2) is 11.0 Å². The van der Waals surface area contributed by atoms with Gasteiger partial charge in [0.2, 0.25) is 5.91 Å². The van der Waals surface area contributed by atoms with Crippen molar-refractivity contribution in [2.45, 2.75) is 38.0 Å². The van der Waals surface area contributed by atoms with Gasteiger partial charge < -0.3 is 15.2 Å². The van der Waals surface area contributed by atoms with Crippen LogP contribution in [0.15, 0.2) is 59.8 Å². The van der Waals surface area contributed by atoms with Gasteiger partial charge in [0.25, 0.3) is 5.91 Å². The van der Waals surface area contributed by atoms with Gasteiger partial charge in [-0.05, 0) is 30.0 Å². The number of aromatic nitrogens is 3. The Morgan fingerprint density at radius 3 is 2.45 bits per heavy atom. The molecule has 2 aromatic carbocycles. The van der Waals surface area contributed by atoms with E-state index in [-0.39, 0.29) is 23.6 Å². The molecule has 0 aliphatic rings. The summed E-state index contributed by atoms with van der Waals surface area (Å²) >= 11 is 7.50. The Labute approximate surface area is 203 Å². The minimum atomic E-state index is -0.340. The Bertz CT molecular complexity index is 1090. The van der Waals surface area contributed by atoms with E-state index in [0.717, 1.165) is 5.56 Å². The van der Waals surface area contributed by atoms with Gasteiger partial charge in [-0.2, -0.15) is 0 Å². The number of amides is 2. The first-order valence-corrected chi connectivity index (χ1v) is 12.1. The van der Waals surface area contributed by atoms with E-state index >= 15 is 0 Å². The van der Waals surface area contributed by atoms with E-state index in [9.17, 15) is 9.59 Å². The molecule has 3 aromatic rings. The van der Waals surface area contributed by atoms with Crippen LogP contribution in [0.5, 0.6) is 0 Å². The summed E-state index contributed by atoms with van der Waals surface area (Å²) in [6, 6.07) is 16.4. The smallest absolute Gasteiger partial charge is 0.253 e. The standard InChI is InChI=1S/C24H28ClN5O2S/c1-16(2)13-20(27-23(32)18-11-7-8-12-19(18)25)22-28-29-24(30(22)3)33-15-21(31)26-14-17-9-5-4-6-10-17/h4-12,16,20H,13-15H2,1-3H3,(H,26,31)(H,27,32)/t20-/m1/s1. The number of nitrogens with one attached hydrogen (secondary N) is 2. The van der Waals surface area contributed by atoms with Crippen LogP contribution in [-0.4, -0.2) is 32.3 Å². The summed E-state index contributed by atoms with van der Waals surface area (Å²) in [5.74, 6) is 0.830. The minimum absolute atomic E-state index is 0.0841. The zero-order valence-electron chi connectivity index (χ0n) is 18.9. The number of thioether (sulfide) groups is 1. The van der Waals surface area contributed by atoms with Crippen molar-refractivity contribution in [3.05, 3.63) is 76.6 Å². The maximum Gasteiger partial charge on any atom is 0.253 e. The number of halogens is 1. The van der Waals surface area contributed by atoms with E-state index in [2.05, 4.69) is 34.7 Å². The highest BCUT2D eigenvalue weighted by atomic mass is 35.5. The topological polar surface area (TPSA) is 88.9 Å². The molecule has 0 spiro atoms. The van der Waals surface area contributed by atoms with Crippen LogP contribution in [0.1, 0.15) is 48.1 Å². The Morgan fingerprint density at radius 2 is 1.76 bits per heavy atom. The van der Waals surface area contributed by atoms with Crippen molar-refractivity contribution in [1.82, 2.24) is 25.4 Å². The molecule has 2 amide bonds. The molecular weight excluding hydrogens is 458 g/mol. The molecule has 33 heavy (non-hydrogen) atoms. The van der Waals surface area contributed by atoms with Gasteiger partial charge in [-0.25, -0.2) is 0 Å². The molecule has 0 fully saturated rings. The van der Waals surface area contributed by atoms with Crippen LogP contribution in [0.25, 0.3) is 0 Å². The van der Waals surface area contributed by atoms with E-state index in [1.165, 1.54) is 11.8 Å². The van der Waals surface area contributed by atoms with Crippen LogP contribution in [0, 0.1) is 5.92 Å². The third kappa shape index (κ3) is 7.07. The zero-order chi connectivity index (χ0) is 23.8. The highest BCUT2D eigenvalue weighted by molar-refractivity contribution is 7.99. The molecule has 1 heterocycles. The van der Waals surface area contributed by atoms with Gasteiger partial charge in [0.05, 0.1) is 22.4 Å². The molecule has 0 unspecified atom stereocenters. The zero-order valence-corrected chi connectivity index (χ0v) is 20.5. The lowest BCUT2D eigenvalue weighted by Gasteiger charge is -2.20. The van der Waals surface area contributed by atoms with E-state index in [1.54, 1.807) is 24.3 Å². The maximum atomic E-state index is 12.8. The molecule has 0 aliphatic heterocycles. The molecule has 0 bridgehead atoms. The normalized spacial score (nSPS) is 11.9. The van der Waals surface area contributed by atoms with Gasteiger partial charge in [-0.1, -0.05) is 79.7 Å². The van der Waals surface area contributed by atoms with Crippen LogP contribution in [0.4, 0.5) is 0 Å². The lowest BCUT2D eigenvalue weighted by atomic mass is 10.0. The summed E-state index contributed by atoms with van der Waals surface area (Å²) < 4.78 is 1.83. The fraction of sp³-hybridized carbons (Fsp3) is 0.333. The average molecular weight is 486 g/mol. The SMILES string of the molecule is CC(C)C[C@@H](NC(=O)c1ccccc1Cl)c1nnc(SCC(=O)NCc2ccccc2)n1C. The number of hydrogen-bond acceptors (Lipinski definition) is 5. The highest BCUT2D eigenvalue weighted by Crippen LogP contribution is 2.25. The quantitative estimate of drug-likeness (QED) is 0.415. The first-order chi connectivity index (χ1) is 15.8. The predicted molar refractivity (Wildman–Crippen MR) is 131 cm³/mol. The molecule has 7 nitrogen and oxygen atoms in total. The van der Waals surface area contributed by atoms with Crippen molar-refractivity contribution in [2.75, 3.05) is 5.75 Å². The Kier molecular flexibility index (Phi) is 8.91. The van der Waals surface area contributed by atoms with Gasteiger partial charge >= 0.3 is 0 Å². The highest BCUT2D eigenvalue weighted by Gasteiger charge is 2.24. The molecule has 0 radical (unpaired) electrons. The molecule has 0 saturated carbocycles. The second-order valence-electron chi connectivity index (χ2n) is 8.09. The van der Waals surface area contributed by atoms with E-state index in [1.807, 2.05) is 41.9 Å². The van der Waals surface area contributed by atoms with Crippen LogP contribution >= 0.6 is 23.4 Å². The molecule has 1 aromatic heterocycles. The van der Waals surface area contributed by atoms with Crippen molar-refractivity contribution in [1.29, 1.82) is 0 Å². The van der Waals surface area contributed by atoms with Crippen LogP contribution in [-0.2, 0) is 18.4 Å². The van der Waals surface area contributed by atoms with Crippen molar-refractivity contribution in [2.24, 2.45) is 13.0 Å². The lowest BCUT2D eigenvalue weighted by molar-refractivity contribution is -0.118. The van der Waals surface area contributed by atoms with E-state index in [4.69, 9.17) is 11.6 Å². The molecular formula is C24H28ClN5O2S. The second-order valence-corrected chi connectivity index (χ2v) is 9.44. The van der Waals surface area contributed by atoms with Gasteiger partial charge in [0.1, 0.15) is 0 Å². The number of nitrogens with zero attached hydrogens (tertiary/aromatic N) is 3. The first-order valence-electron chi connectivity index (χ1n) is 10.7. The molecule has 0 saturated heterocycles.